The number of alkyl halides is 3. The molecule has 4 N–H and O–H groups in total. The molecule has 162 valence electrons. The van der Waals surface area contributed by atoms with Gasteiger partial charge in [0.2, 0.25) is 0 Å². The van der Waals surface area contributed by atoms with Crippen LogP contribution in [0.5, 0.6) is 0 Å². The normalized spacial score (nSPS) is 15.7. The molecule has 1 aliphatic heterocycles. The Labute approximate surface area is 176 Å². The monoisotopic (exact) mass is 431 g/mol. The summed E-state index contributed by atoms with van der Waals surface area (Å²) in [5.41, 5.74) is -2.20. The van der Waals surface area contributed by atoms with Crippen molar-refractivity contribution < 1.29 is 17.6 Å². The molecule has 4 rings (SSSR count). The molecule has 31 heavy (non-hydrogen) atoms. The zero-order valence-corrected chi connectivity index (χ0v) is 17.3. The number of para-hydroxylation sites is 1. The number of H-pyrrole nitrogens is 1. The van der Waals surface area contributed by atoms with Crippen molar-refractivity contribution in [3.05, 3.63) is 47.4 Å². The first-order valence-corrected chi connectivity index (χ1v) is 9.58. The third-order valence-electron chi connectivity index (χ3n) is 5.55. The smallest absolute Gasteiger partial charge is 0.371 e. The third-order valence-corrected chi connectivity index (χ3v) is 5.55. The van der Waals surface area contributed by atoms with Crippen molar-refractivity contribution in [2.75, 3.05) is 10.2 Å². The van der Waals surface area contributed by atoms with Gasteiger partial charge in [-0.25, -0.2) is 4.39 Å². The average molecular weight is 431 g/mol. The maximum absolute atomic E-state index is 15.4. The van der Waals surface area contributed by atoms with Gasteiger partial charge in [0, 0.05) is 22.7 Å². The quantitative estimate of drug-likeness (QED) is 0.208. The van der Waals surface area contributed by atoms with Gasteiger partial charge in [0.05, 0.1) is 28.0 Å². The summed E-state index contributed by atoms with van der Waals surface area (Å²) in [6.45, 7) is 6.30. The molecule has 0 saturated heterocycles. The number of nitrogens with one attached hydrogen (secondary N) is 4. The molecule has 0 saturated carbocycles. The van der Waals surface area contributed by atoms with E-state index in [0.29, 0.717) is 10.9 Å². The number of rotatable bonds is 1. The second-order valence-electron chi connectivity index (χ2n) is 8.22. The highest BCUT2D eigenvalue weighted by Gasteiger charge is 2.46. The second kappa shape index (κ2) is 6.57. The summed E-state index contributed by atoms with van der Waals surface area (Å²) < 4.78 is 58.9. The van der Waals surface area contributed by atoms with Gasteiger partial charge in [-0.3, -0.25) is 15.7 Å². The zero-order valence-electron chi connectivity index (χ0n) is 17.3. The molecule has 0 atom stereocenters. The molecule has 2 heterocycles. The first-order valence-electron chi connectivity index (χ1n) is 9.58. The van der Waals surface area contributed by atoms with E-state index < -0.39 is 34.3 Å². The summed E-state index contributed by atoms with van der Waals surface area (Å²) >= 11 is 0. The number of aryl methyl sites for hydroxylation is 1. The number of anilines is 2. The van der Waals surface area contributed by atoms with Gasteiger partial charge < -0.3 is 10.3 Å². The van der Waals surface area contributed by atoms with Crippen molar-refractivity contribution in [3.8, 4) is 11.1 Å². The minimum Gasteiger partial charge on any atom is -0.371 e. The number of aromatic nitrogens is 1. The topological polar surface area (TPSA) is 78.8 Å². The highest BCUT2D eigenvalue weighted by molar-refractivity contribution is 6.24. The van der Waals surface area contributed by atoms with Crippen molar-refractivity contribution in [2.45, 2.75) is 39.4 Å². The van der Waals surface area contributed by atoms with E-state index in [1.54, 1.807) is 32.2 Å². The molecule has 0 bridgehead atoms. The Morgan fingerprint density at radius 2 is 1.87 bits per heavy atom. The molecule has 1 aromatic heterocycles. The predicted octanol–water partition coefficient (Wildman–Crippen LogP) is 6.29. The van der Waals surface area contributed by atoms with Gasteiger partial charge in [0.15, 0.2) is 0 Å². The molecular weight excluding hydrogens is 410 g/mol. The lowest BCUT2D eigenvalue weighted by Gasteiger charge is -2.43. The van der Waals surface area contributed by atoms with Crippen LogP contribution in [0.4, 0.5) is 28.9 Å². The molecule has 0 unspecified atom stereocenters. The van der Waals surface area contributed by atoms with Gasteiger partial charge in [0.25, 0.3) is 0 Å². The van der Waals surface area contributed by atoms with Crippen LogP contribution in [-0.2, 0) is 6.18 Å². The van der Waals surface area contributed by atoms with Gasteiger partial charge in [-0.1, -0.05) is 18.2 Å². The van der Waals surface area contributed by atoms with E-state index in [0.717, 1.165) is 16.5 Å². The van der Waals surface area contributed by atoms with Crippen LogP contribution in [-0.4, -0.2) is 22.2 Å². The fraction of sp³-hybridized carbons (Fsp3) is 0.273. The van der Waals surface area contributed by atoms with Crippen molar-refractivity contribution in [2.24, 2.45) is 0 Å². The van der Waals surface area contributed by atoms with E-state index in [2.05, 4.69) is 10.3 Å². The molecule has 0 radical (unpaired) electrons. The summed E-state index contributed by atoms with van der Waals surface area (Å²) in [6.07, 6.45) is -3.28. The van der Waals surface area contributed by atoms with E-state index in [4.69, 9.17) is 10.8 Å². The summed E-state index contributed by atoms with van der Waals surface area (Å²) in [5.74, 6) is -1.53. The number of aromatic amines is 1. The van der Waals surface area contributed by atoms with Crippen LogP contribution in [0.15, 0.2) is 30.5 Å². The van der Waals surface area contributed by atoms with Gasteiger partial charge >= 0.3 is 6.18 Å². The lowest BCUT2D eigenvalue weighted by molar-refractivity contribution is -0.136. The van der Waals surface area contributed by atoms with Crippen LogP contribution < -0.4 is 10.2 Å². The maximum atomic E-state index is 15.4. The Kier molecular flexibility index (Phi) is 4.43. The van der Waals surface area contributed by atoms with E-state index in [1.807, 2.05) is 6.92 Å². The first kappa shape index (κ1) is 20.9. The summed E-state index contributed by atoms with van der Waals surface area (Å²) in [6, 6.07) is 5.78. The van der Waals surface area contributed by atoms with Crippen molar-refractivity contribution >= 4 is 33.9 Å². The van der Waals surface area contributed by atoms with Gasteiger partial charge in [-0.15, -0.1) is 0 Å². The van der Waals surface area contributed by atoms with E-state index in [9.17, 15) is 13.2 Å². The van der Waals surface area contributed by atoms with Crippen molar-refractivity contribution in [1.29, 1.82) is 10.8 Å². The first-order chi connectivity index (χ1) is 14.3. The van der Waals surface area contributed by atoms with Crippen LogP contribution in [0.2, 0.25) is 0 Å². The average Bonchev–Trinajstić information content (AvgIpc) is 3.02. The fourth-order valence-electron chi connectivity index (χ4n) is 4.13. The Morgan fingerprint density at radius 1 is 1.19 bits per heavy atom. The van der Waals surface area contributed by atoms with E-state index >= 15 is 4.39 Å². The molecule has 0 aliphatic carbocycles. The maximum Gasteiger partial charge on any atom is 0.419 e. The van der Waals surface area contributed by atoms with Crippen LogP contribution in [0.3, 0.4) is 0 Å². The van der Waals surface area contributed by atoms with E-state index in [1.165, 1.54) is 13.0 Å². The Balaban J connectivity index is 2.17. The standard InChI is InChI=1S/C22H21F4N5/c1-10-9-29-18-12(10)6-5-7-13(18)16-14(23)8-15-19(17(16)22(24,25)26)31(11(2)27)20(28)21(3,4)30-15/h5-9,27-30H,1-4H3. The third kappa shape index (κ3) is 3.07. The van der Waals surface area contributed by atoms with Crippen LogP contribution in [0, 0.1) is 23.6 Å². The fourth-order valence-corrected chi connectivity index (χ4v) is 4.13. The zero-order chi connectivity index (χ0) is 22.9. The molecule has 0 spiro atoms. The summed E-state index contributed by atoms with van der Waals surface area (Å²) in [7, 11) is 0. The molecular formula is C22H21F4N5. The van der Waals surface area contributed by atoms with Gasteiger partial charge in [-0.05, 0) is 39.3 Å². The molecule has 0 amide bonds. The minimum absolute atomic E-state index is 0.0668. The minimum atomic E-state index is -4.94. The lowest BCUT2D eigenvalue weighted by atomic mass is 9.89. The van der Waals surface area contributed by atoms with Crippen molar-refractivity contribution in [3.63, 3.8) is 0 Å². The van der Waals surface area contributed by atoms with Crippen LogP contribution >= 0.6 is 0 Å². The number of amidine groups is 2. The number of hydrogen-bond donors (Lipinski definition) is 4. The van der Waals surface area contributed by atoms with Crippen molar-refractivity contribution in [1.82, 2.24) is 4.98 Å². The molecule has 3 aromatic rings. The molecule has 0 fully saturated rings. The molecule has 9 heteroatoms. The number of nitrogens with zero attached hydrogens (tertiary/aromatic N) is 1. The molecule has 1 aliphatic rings. The van der Waals surface area contributed by atoms with Crippen LogP contribution in [0.25, 0.3) is 22.0 Å². The lowest BCUT2D eigenvalue weighted by Crippen LogP contribution is -2.55. The highest BCUT2D eigenvalue weighted by atomic mass is 19.4. The molecule has 2 aromatic carbocycles. The van der Waals surface area contributed by atoms with Gasteiger partial charge in [0.1, 0.15) is 17.5 Å². The number of hydrogen-bond acceptors (Lipinski definition) is 3. The van der Waals surface area contributed by atoms with Gasteiger partial charge in [-0.2, -0.15) is 13.2 Å². The Morgan fingerprint density at radius 3 is 2.48 bits per heavy atom. The second-order valence-corrected chi connectivity index (χ2v) is 8.22. The Bertz CT molecular complexity index is 1250. The Hall–Kier alpha value is -3.36. The molecule has 5 nitrogen and oxygen atoms in total. The largest absolute Gasteiger partial charge is 0.419 e. The van der Waals surface area contributed by atoms with Crippen LogP contribution in [0.1, 0.15) is 31.9 Å². The highest BCUT2D eigenvalue weighted by Crippen LogP contribution is 2.51. The SMILES string of the molecule is CC(=N)N1C(=N)C(C)(C)Nc2cc(F)c(-c3cccc4c(C)c[nH]c34)c(C(F)(F)F)c21. The van der Waals surface area contributed by atoms with E-state index in [-0.39, 0.29) is 22.9 Å². The number of fused-ring (bicyclic) bond motifs is 2. The number of benzene rings is 2. The summed E-state index contributed by atoms with van der Waals surface area (Å²) in [5, 5.41) is 20.0. The summed E-state index contributed by atoms with van der Waals surface area (Å²) in [4.78, 5) is 3.88. The number of halogens is 4. The predicted molar refractivity (Wildman–Crippen MR) is 115 cm³/mol.